The zero-order valence-corrected chi connectivity index (χ0v) is 14.7. The highest BCUT2D eigenvalue weighted by atomic mass is 32.2. The van der Waals surface area contributed by atoms with Gasteiger partial charge >= 0.3 is 5.97 Å². The molecule has 5 heteroatoms. The number of hydrogen-bond donors (Lipinski definition) is 0. The molecule has 1 aliphatic heterocycles. The molecule has 0 aromatic heterocycles. The van der Waals surface area contributed by atoms with Gasteiger partial charge in [-0.3, -0.25) is 9.59 Å². The fourth-order valence-corrected chi connectivity index (χ4v) is 3.64. The lowest BCUT2D eigenvalue weighted by Crippen LogP contribution is -2.40. The van der Waals surface area contributed by atoms with Crippen LogP contribution in [-0.2, 0) is 9.53 Å². The molecule has 126 valence electrons. The lowest BCUT2D eigenvalue weighted by atomic mass is 9.96. The first-order valence-corrected chi connectivity index (χ1v) is 9.33. The number of benzene rings is 1. The number of thioether (sulfide) groups is 1. The predicted molar refractivity (Wildman–Crippen MR) is 92.7 cm³/mol. The van der Waals surface area contributed by atoms with Crippen molar-refractivity contribution in [1.82, 2.24) is 4.90 Å². The summed E-state index contributed by atoms with van der Waals surface area (Å²) in [7, 11) is 0. The van der Waals surface area contributed by atoms with Crippen LogP contribution in [0.3, 0.4) is 0 Å². The summed E-state index contributed by atoms with van der Waals surface area (Å²) >= 11 is 1.73. The van der Waals surface area contributed by atoms with E-state index in [0.717, 1.165) is 22.6 Å². The van der Waals surface area contributed by atoms with Gasteiger partial charge in [0, 0.05) is 18.0 Å². The van der Waals surface area contributed by atoms with E-state index < -0.39 is 0 Å². The smallest absolute Gasteiger partial charge is 0.309 e. The zero-order chi connectivity index (χ0) is 16.7. The molecule has 1 aliphatic rings. The van der Waals surface area contributed by atoms with Gasteiger partial charge in [-0.05, 0) is 44.1 Å². The quantitative estimate of drug-likeness (QED) is 0.588. The fraction of sp³-hybridized carbons (Fsp3) is 0.556. The summed E-state index contributed by atoms with van der Waals surface area (Å²) < 4.78 is 5.08. The van der Waals surface area contributed by atoms with Crippen molar-refractivity contribution in [2.75, 3.05) is 25.4 Å². The zero-order valence-electron chi connectivity index (χ0n) is 13.9. The number of nitrogens with zero attached hydrogens (tertiary/aromatic N) is 1. The average Bonchev–Trinajstić information content (AvgIpc) is 2.60. The summed E-state index contributed by atoms with van der Waals surface area (Å²) in [5.74, 6) is 0.892. The second-order valence-corrected chi connectivity index (χ2v) is 6.80. The molecular formula is C18H25NO3S. The SMILES string of the molecule is CCCSc1ccccc1C(=O)N1CCC(C(=O)OCC)CC1. The molecule has 0 saturated carbocycles. The summed E-state index contributed by atoms with van der Waals surface area (Å²) in [6.07, 6.45) is 2.46. The molecule has 23 heavy (non-hydrogen) atoms. The van der Waals surface area contributed by atoms with Crippen LogP contribution in [0, 0.1) is 5.92 Å². The fourth-order valence-electron chi connectivity index (χ4n) is 2.73. The minimum atomic E-state index is -0.126. The van der Waals surface area contributed by atoms with E-state index in [-0.39, 0.29) is 17.8 Å². The Morgan fingerprint density at radius 3 is 2.57 bits per heavy atom. The van der Waals surface area contributed by atoms with Crippen LogP contribution in [0.1, 0.15) is 43.5 Å². The number of piperidine rings is 1. The maximum atomic E-state index is 12.8. The Hall–Kier alpha value is -1.49. The van der Waals surface area contributed by atoms with Crippen molar-refractivity contribution in [3.05, 3.63) is 29.8 Å². The molecule has 1 aromatic carbocycles. The second kappa shape index (κ2) is 8.96. The van der Waals surface area contributed by atoms with Crippen LogP contribution in [0.15, 0.2) is 29.2 Å². The molecule has 2 rings (SSSR count). The third-order valence-corrected chi connectivity index (χ3v) is 5.26. The number of rotatable bonds is 6. The Labute approximate surface area is 142 Å². The molecule has 0 atom stereocenters. The molecule has 1 amide bonds. The molecule has 0 radical (unpaired) electrons. The van der Waals surface area contributed by atoms with E-state index in [9.17, 15) is 9.59 Å². The van der Waals surface area contributed by atoms with Crippen molar-refractivity contribution >= 4 is 23.6 Å². The number of hydrogen-bond acceptors (Lipinski definition) is 4. The van der Waals surface area contributed by atoms with Gasteiger partial charge in [0.1, 0.15) is 0 Å². The molecule has 0 aliphatic carbocycles. The Balaban J connectivity index is 1.98. The summed E-state index contributed by atoms with van der Waals surface area (Å²) in [5, 5.41) is 0. The molecule has 0 bridgehead atoms. The lowest BCUT2D eigenvalue weighted by molar-refractivity contribution is -0.149. The van der Waals surface area contributed by atoms with Gasteiger partial charge in [0.2, 0.25) is 0 Å². The molecular weight excluding hydrogens is 310 g/mol. The van der Waals surface area contributed by atoms with Crippen molar-refractivity contribution in [2.24, 2.45) is 5.92 Å². The number of likely N-dealkylation sites (tertiary alicyclic amines) is 1. The molecule has 0 unspecified atom stereocenters. The lowest BCUT2D eigenvalue weighted by Gasteiger charge is -2.31. The van der Waals surface area contributed by atoms with Gasteiger partial charge in [-0.15, -0.1) is 11.8 Å². The molecule has 1 heterocycles. The van der Waals surface area contributed by atoms with E-state index in [4.69, 9.17) is 4.74 Å². The number of esters is 1. The van der Waals surface area contributed by atoms with Crippen LogP contribution in [0.2, 0.25) is 0 Å². The highest BCUT2D eigenvalue weighted by molar-refractivity contribution is 7.99. The first-order chi connectivity index (χ1) is 11.2. The van der Waals surface area contributed by atoms with Gasteiger partial charge in [-0.25, -0.2) is 0 Å². The number of ether oxygens (including phenoxy) is 1. The number of amides is 1. The van der Waals surface area contributed by atoms with Crippen molar-refractivity contribution in [3.8, 4) is 0 Å². The van der Waals surface area contributed by atoms with Crippen molar-refractivity contribution in [1.29, 1.82) is 0 Å². The average molecular weight is 335 g/mol. The Morgan fingerprint density at radius 1 is 1.22 bits per heavy atom. The van der Waals surface area contributed by atoms with Gasteiger partial charge in [0.25, 0.3) is 5.91 Å². The van der Waals surface area contributed by atoms with Crippen LogP contribution < -0.4 is 0 Å². The number of carbonyl (C=O) groups is 2. The largest absolute Gasteiger partial charge is 0.466 e. The van der Waals surface area contributed by atoms with Crippen LogP contribution in [0.5, 0.6) is 0 Å². The second-order valence-electron chi connectivity index (χ2n) is 5.66. The summed E-state index contributed by atoms with van der Waals surface area (Å²) in [4.78, 5) is 27.5. The molecule has 1 fully saturated rings. The van der Waals surface area contributed by atoms with E-state index in [2.05, 4.69) is 6.92 Å². The minimum absolute atomic E-state index is 0.0660. The standard InChI is InChI=1S/C18H25NO3S/c1-3-13-23-16-8-6-5-7-15(16)17(20)19-11-9-14(10-12-19)18(21)22-4-2/h5-8,14H,3-4,9-13H2,1-2H3. The minimum Gasteiger partial charge on any atom is -0.466 e. The first kappa shape index (κ1) is 17.9. The summed E-state index contributed by atoms with van der Waals surface area (Å²) in [6, 6.07) is 7.80. The van der Waals surface area contributed by atoms with Gasteiger partial charge in [0.15, 0.2) is 0 Å². The third-order valence-electron chi connectivity index (χ3n) is 3.98. The predicted octanol–water partition coefficient (Wildman–Crippen LogP) is 3.60. The van der Waals surface area contributed by atoms with Crippen LogP contribution in [-0.4, -0.2) is 42.2 Å². The Kier molecular flexibility index (Phi) is 6.96. The molecule has 4 nitrogen and oxygen atoms in total. The topological polar surface area (TPSA) is 46.6 Å². The van der Waals surface area contributed by atoms with Crippen molar-refractivity contribution < 1.29 is 14.3 Å². The van der Waals surface area contributed by atoms with E-state index >= 15 is 0 Å². The van der Waals surface area contributed by atoms with Crippen molar-refractivity contribution in [2.45, 2.75) is 38.0 Å². The highest BCUT2D eigenvalue weighted by Gasteiger charge is 2.29. The van der Waals surface area contributed by atoms with Crippen LogP contribution in [0.25, 0.3) is 0 Å². The van der Waals surface area contributed by atoms with Crippen molar-refractivity contribution in [3.63, 3.8) is 0 Å². The maximum Gasteiger partial charge on any atom is 0.309 e. The van der Waals surface area contributed by atoms with E-state index in [1.165, 1.54) is 0 Å². The Morgan fingerprint density at radius 2 is 1.91 bits per heavy atom. The molecule has 1 saturated heterocycles. The number of carbonyl (C=O) groups excluding carboxylic acids is 2. The normalized spacial score (nSPS) is 15.5. The molecule has 1 aromatic rings. The summed E-state index contributed by atoms with van der Waals surface area (Å²) in [5.41, 5.74) is 0.778. The molecule has 0 spiro atoms. The van der Waals surface area contributed by atoms with Crippen LogP contribution >= 0.6 is 11.8 Å². The highest BCUT2D eigenvalue weighted by Crippen LogP contribution is 2.26. The van der Waals surface area contributed by atoms with E-state index in [1.54, 1.807) is 11.8 Å². The van der Waals surface area contributed by atoms with E-state index in [1.807, 2.05) is 36.1 Å². The van der Waals surface area contributed by atoms with Gasteiger partial charge < -0.3 is 9.64 Å². The monoisotopic (exact) mass is 335 g/mol. The van der Waals surface area contributed by atoms with Crippen LogP contribution in [0.4, 0.5) is 0 Å². The van der Waals surface area contributed by atoms with Gasteiger partial charge in [-0.2, -0.15) is 0 Å². The van der Waals surface area contributed by atoms with E-state index in [0.29, 0.717) is 32.5 Å². The third kappa shape index (κ3) is 4.74. The van der Waals surface area contributed by atoms with Gasteiger partial charge in [0.05, 0.1) is 18.1 Å². The molecule has 0 N–H and O–H groups in total. The summed E-state index contributed by atoms with van der Waals surface area (Å²) in [6.45, 7) is 5.61. The first-order valence-electron chi connectivity index (χ1n) is 8.35. The van der Waals surface area contributed by atoms with Gasteiger partial charge in [-0.1, -0.05) is 19.1 Å². The Bertz CT molecular complexity index is 539. The maximum absolute atomic E-state index is 12.8.